The third kappa shape index (κ3) is 5.43. The monoisotopic (exact) mass is 369 g/mol. The molecule has 1 aromatic carbocycles. The van der Waals surface area contributed by atoms with Crippen LogP contribution in [0.5, 0.6) is 0 Å². The van der Waals surface area contributed by atoms with Gasteiger partial charge in [-0.05, 0) is 43.9 Å². The molecule has 138 valence electrons. The van der Waals surface area contributed by atoms with Crippen molar-refractivity contribution >= 4 is 22.0 Å². The van der Waals surface area contributed by atoms with E-state index in [0.29, 0.717) is 19.5 Å². The molecule has 2 rings (SSSR count). The van der Waals surface area contributed by atoms with E-state index >= 15 is 0 Å². The normalized spacial score (nSPS) is 14.9. The number of carbonyl (C=O) groups excluding carboxylic acids is 2. The van der Waals surface area contributed by atoms with Gasteiger partial charge < -0.3 is 4.74 Å². The molecule has 0 aromatic heterocycles. The zero-order valence-corrected chi connectivity index (χ0v) is 15.0. The molecule has 1 aliphatic heterocycles. The van der Waals surface area contributed by atoms with Gasteiger partial charge in [0.05, 0.1) is 11.5 Å². The largest absolute Gasteiger partial charge is 0.449 e. The molecule has 9 heteroatoms. The molecule has 2 N–H and O–H groups in total. The quantitative estimate of drug-likeness (QED) is 0.733. The number of hydrazine groups is 1. The van der Waals surface area contributed by atoms with E-state index in [9.17, 15) is 18.0 Å². The molecular weight excluding hydrogens is 346 g/mol. The van der Waals surface area contributed by atoms with Gasteiger partial charge in [-0.2, -0.15) is 4.31 Å². The van der Waals surface area contributed by atoms with Crippen molar-refractivity contribution in [1.29, 1.82) is 0 Å². The van der Waals surface area contributed by atoms with Crippen molar-refractivity contribution in [2.45, 2.75) is 37.5 Å². The third-order valence-electron chi connectivity index (χ3n) is 3.85. The first kappa shape index (κ1) is 19.2. The van der Waals surface area contributed by atoms with E-state index in [1.807, 2.05) is 0 Å². The number of benzene rings is 1. The molecule has 1 aliphatic rings. The van der Waals surface area contributed by atoms with E-state index < -0.39 is 16.1 Å². The first-order valence-corrected chi connectivity index (χ1v) is 9.68. The third-order valence-corrected chi connectivity index (χ3v) is 5.76. The number of aryl methyl sites for hydroxylation is 1. The number of nitrogens with one attached hydrogen (secondary N) is 2. The van der Waals surface area contributed by atoms with Crippen molar-refractivity contribution in [2.75, 3.05) is 19.7 Å². The average Bonchev–Trinajstić information content (AvgIpc) is 3.14. The zero-order chi connectivity index (χ0) is 18.3. The molecule has 1 heterocycles. The van der Waals surface area contributed by atoms with Gasteiger partial charge in [0, 0.05) is 19.5 Å². The Balaban J connectivity index is 1.84. The molecule has 8 nitrogen and oxygen atoms in total. The Kier molecular flexibility index (Phi) is 6.77. The summed E-state index contributed by atoms with van der Waals surface area (Å²) in [5, 5.41) is 0. The van der Waals surface area contributed by atoms with Crippen LogP contribution in [0.2, 0.25) is 0 Å². The molecule has 0 aliphatic carbocycles. The van der Waals surface area contributed by atoms with Gasteiger partial charge in [-0.3, -0.25) is 10.2 Å². The zero-order valence-electron chi connectivity index (χ0n) is 14.2. The van der Waals surface area contributed by atoms with Crippen LogP contribution >= 0.6 is 0 Å². The summed E-state index contributed by atoms with van der Waals surface area (Å²) in [4.78, 5) is 23.0. The maximum absolute atomic E-state index is 12.4. The van der Waals surface area contributed by atoms with Crippen LogP contribution in [-0.4, -0.2) is 44.4 Å². The molecule has 0 spiro atoms. The molecule has 0 saturated carbocycles. The summed E-state index contributed by atoms with van der Waals surface area (Å²) in [7, 11) is -3.42. The van der Waals surface area contributed by atoms with Crippen molar-refractivity contribution in [3.63, 3.8) is 0 Å². The predicted molar refractivity (Wildman–Crippen MR) is 91.1 cm³/mol. The maximum Gasteiger partial charge on any atom is 0.426 e. The van der Waals surface area contributed by atoms with Gasteiger partial charge in [0.25, 0.3) is 0 Å². The number of hydrogen-bond donors (Lipinski definition) is 2. The van der Waals surface area contributed by atoms with Crippen LogP contribution < -0.4 is 10.9 Å². The van der Waals surface area contributed by atoms with E-state index in [1.54, 1.807) is 31.2 Å². The van der Waals surface area contributed by atoms with Gasteiger partial charge in [0.1, 0.15) is 0 Å². The molecule has 0 unspecified atom stereocenters. The SMILES string of the molecule is CCOC(=O)NNC(=O)CCc1ccc(S(=O)(=O)N2CCCC2)cc1. The lowest BCUT2D eigenvalue weighted by Crippen LogP contribution is -2.42. The fourth-order valence-corrected chi connectivity index (χ4v) is 4.03. The molecule has 25 heavy (non-hydrogen) atoms. The van der Waals surface area contributed by atoms with Gasteiger partial charge in [0.15, 0.2) is 0 Å². The predicted octanol–water partition coefficient (Wildman–Crippen LogP) is 1.18. The van der Waals surface area contributed by atoms with Crippen LogP contribution in [0.15, 0.2) is 29.2 Å². The smallest absolute Gasteiger partial charge is 0.426 e. The molecular formula is C16H23N3O5S. The summed E-state index contributed by atoms with van der Waals surface area (Å²) in [5.41, 5.74) is 5.22. The minimum Gasteiger partial charge on any atom is -0.449 e. The van der Waals surface area contributed by atoms with Crippen molar-refractivity contribution in [2.24, 2.45) is 0 Å². The maximum atomic E-state index is 12.4. The van der Waals surface area contributed by atoms with Gasteiger partial charge in [0.2, 0.25) is 15.9 Å². The summed E-state index contributed by atoms with van der Waals surface area (Å²) in [5.74, 6) is -0.359. The summed E-state index contributed by atoms with van der Waals surface area (Å²) >= 11 is 0. The van der Waals surface area contributed by atoms with E-state index in [-0.39, 0.29) is 23.8 Å². The van der Waals surface area contributed by atoms with Crippen LogP contribution in [0.4, 0.5) is 4.79 Å². The van der Waals surface area contributed by atoms with Crippen LogP contribution in [0.25, 0.3) is 0 Å². The molecule has 1 fully saturated rings. The number of hydrogen-bond acceptors (Lipinski definition) is 5. The van der Waals surface area contributed by atoms with Crippen LogP contribution in [0.1, 0.15) is 31.7 Å². The van der Waals surface area contributed by atoms with Gasteiger partial charge in [-0.1, -0.05) is 12.1 Å². The molecule has 1 saturated heterocycles. The van der Waals surface area contributed by atoms with E-state index in [4.69, 9.17) is 0 Å². The van der Waals surface area contributed by atoms with Crippen molar-refractivity contribution < 1.29 is 22.7 Å². The summed E-state index contributed by atoms with van der Waals surface area (Å²) in [6.45, 7) is 3.01. The lowest BCUT2D eigenvalue weighted by atomic mass is 10.1. The molecule has 0 radical (unpaired) electrons. The van der Waals surface area contributed by atoms with Crippen molar-refractivity contribution in [3.05, 3.63) is 29.8 Å². The number of amides is 2. The fourth-order valence-electron chi connectivity index (χ4n) is 2.51. The van der Waals surface area contributed by atoms with Crippen LogP contribution in [0.3, 0.4) is 0 Å². The second-order valence-electron chi connectivity index (χ2n) is 5.65. The minimum atomic E-state index is -3.42. The summed E-state index contributed by atoms with van der Waals surface area (Å²) in [6, 6.07) is 6.54. The number of ether oxygens (including phenoxy) is 1. The highest BCUT2D eigenvalue weighted by atomic mass is 32.2. The Morgan fingerprint density at radius 2 is 1.76 bits per heavy atom. The topological polar surface area (TPSA) is 105 Å². The second kappa shape index (κ2) is 8.82. The lowest BCUT2D eigenvalue weighted by molar-refractivity contribution is -0.121. The molecule has 1 aromatic rings. The number of sulfonamides is 1. The molecule has 0 atom stereocenters. The Morgan fingerprint density at radius 1 is 1.12 bits per heavy atom. The molecule has 0 bridgehead atoms. The Morgan fingerprint density at radius 3 is 2.36 bits per heavy atom. The Bertz CT molecular complexity index is 697. The summed E-state index contributed by atoms with van der Waals surface area (Å²) < 4.78 is 31.0. The number of nitrogens with zero attached hydrogens (tertiary/aromatic N) is 1. The van der Waals surface area contributed by atoms with Gasteiger partial charge >= 0.3 is 6.09 Å². The Labute approximate surface area is 147 Å². The van der Waals surface area contributed by atoms with Crippen molar-refractivity contribution in [3.8, 4) is 0 Å². The Hall–Kier alpha value is -2.13. The number of rotatable bonds is 6. The van der Waals surface area contributed by atoms with Crippen LogP contribution in [0, 0.1) is 0 Å². The molecule has 2 amide bonds. The van der Waals surface area contributed by atoms with E-state index in [2.05, 4.69) is 15.6 Å². The standard InChI is InChI=1S/C16H23N3O5S/c1-2-24-16(21)18-17-15(20)10-7-13-5-8-14(9-6-13)25(22,23)19-11-3-4-12-19/h5-6,8-9H,2-4,7,10-12H2,1H3,(H,17,20)(H,18,21). The second-order valence-corrected chi connectivity index (χ2v) is 7.59. The first-order chi connectivity index (χ1) is 11.9. The highest BCUT2D eigenvalue weighted by Crippen LogP contribution is 2.21. The first-order valence-electron chi connectivity index (χ1n) is 8.24. The average molecular weight is 369 g/mol. The fraction of sp³-hybridized carbons (Fsp3) is 0.500. The van der Waals surface area contributed by atoms with E-state index in [0.717, 1.165) is 18.4 Å². The van der Waals surface area contributed by atoms with Crippen molar-refractivity contribution in [1.82, 2.24) is 15.2 Å². The van der Waals surface area contributed by atoms with Gasteiger partial charge in [-0.25, -0.2) is 18.6 Å². The number of carbonyl (C=O) groups is 2. The lowest BCUT2D eigenvalue weighted by Gasteiger charge is -2.15. The highest BCUT2D eigenvalue weighted by molar-refractivity contribution is 7.89. The van der Waals surface area contributed by atoms with Gasteiger partial charge in [-0.15, -0.1) is 0 Å². The minimum absolute atomic E-state index is 0.157. The summed E-state index contributed by atoms with van der Waals surface area (Å²) in [6.07, 6.45) is 1.66. The highest BCUT2D eigenvalue weighted by Gasteiger charge is 2.26. The van der Waals surface area contributed by atoms with E-state index in [1.165, 1.54) is 4.31 Å². The van der Waals surface area contributed by atoms with Crippen LogP contribution in [-0.2, 0) is 26.0 Å².